The van der Waals surface area contributed by atoms with Crippen molar-refractivity contribution in [3.8, 4) is 5.75 Å². The Morgan fingerprint density at radius 2 is 2.14 bits per heavy atom. The largest absolute Gasteiger partial charge is 0.497 e. The third-order valence-corrected chi connectivity index (χ3v) is 4.23. The molecule has 0 aliphatic rings. The molecule has 2 aromatic rings. The van der Waals surface area contributed by atoms with Crippen LogP contribution in [0.4, 0.5) is 0 Å². The highest BCUT2D eigenvalue weighted by atomic mass is 35.5. The molecule has 1 atom stereocenters. The van der Waals surface area contributed by atoms with Gasteiger partial charge in [0.15, 0.2) is 0 Å². The van der Waals surface area contributed by atoms with Gasteiger partial charge in [-0.3, -0.25) is 4.79 Å². The normalized spacial score (nSPS) is 12.0. The predicted octanol–water partition coefficient (Wildman–Crippen LogP) is 3.53. The van der Waals surface area contributed by atoms with Crippen LogP contribution in [0.1, 0.15) is 21.3 Å². The second-order valence-electron chi connectivity index (χ2n) is 4.31. The molecule has 0 radical (unpaired) electrons. The number of nitrogens with one attached hydrogen (secondary N) is 1. The Kier molecular flexibility index (Phi) is 5.61. The maximum Gasteiger partial charge on any atom is 0.261 e. The molecule has 1 amide bonds. The van der Waals surface area contributed by atoms with Crippen LogP contribution in [0.25, 0.3) is 0 Å². The van der Waals surface area contributed by atoms with Crippen molar-refractivity contribution in [2.45, 2.75) is 6.10 Å². The summed E-state index contributed by atoms with van der Waals surface area (Å²) >= 11 is 7.07. The minimum absolute atomic E-state index is 0.156. The van der Waals surface area contributed by atoms with Gasteiger partial charge in [-0.25, -0.2) is 0 Å². The van der Waals surface area contributed by atoms with E-state index in [2.05, 4.69) is 5.32 Å². The molecule has 1 N–H and O–H groups in total. The smallest absolute Gasteiger partial charge is 0.261 e. The van der Waals surface area contributed by atoms with Crippen LogP contribution >= 0.6 is 22.9 Å². The summed E-state index contributed by atoms with van der Waals surface area (Å²) in [5.74, 6) is 0.600. The van der Waals surface area contributed by atoms with E-state index in [1.807, 2.05) is 24.3 Å². The molecule has 1 aromatic carbocycles. The summed E-state index contributed by atoms with van der Waals surface area (Å²) in [7, 11) is 3.22. The number of methoxy groups -OCH3 is 2. The number of amides is 1. The number of thiophene rings is 1. The van der Waals surface area contributed by atoms with E-state index in [4.69, 9.17) is 21.1 Å². The van der Waals surface area contributed by atoms with Crippen molar-refractivity contribution in [1.82, 2.24) is 5.32 Å². The first-order valence-electron chi connectivity index (χ1n) is 6.34. The summed E-state index contributed by atoms with van der Waals surface area (Å²) < 4.78 is 11.2. The second kappa shape index (κ2) is 7.45. The average Bonchev–Trinajstić information content (AvgIpc) is 2.94. The van der Waals surface area contributed by atoms with Gasteiger partial charge < -0.3 is 14.8 Å². The van der Waals surface area contributed by atoms with Crippen LogP contribution in [-0.4, -0.2) is 26.7 Å². The van der Waals surface area contributed by atoms with Crippen molar-refractivity contribution in [1.29, 1.82) is 0 Å². The lowest BCUT2D eigenvalue weighted by Crippen LogP contribution is -2.28. The molecule has 0 saturated heterocycles. The molecule has 0 spiro atoms. The minimum atomic E-state index is -0.237. The minimum Gasteiger partial charge on any atom is -0.497 e. The Bertz CT molecular complexity index is 614. The zero-order valence-electron chi connectivity index (χ0n) is 11.8. The molecule has 1 heterocycles. The number of carbonyl (C=O) groups excluding carboxylic acids is 1. The highest BCUT2D eigenvalue weighted by Crippen LogP contribution is 2.23. The number of rotatable bonds is 6. The number of benzene rings is 1. The maximum atomic E-state index is 12.0. The van der Waals surface area contributed by atoms with Gasteiger partial charge in [0.2, 0.25) is 0 Å². The number of carbonyl (C=O) groups is 1. The Balaban J connectivity index is 2.00. The van der Waals surface area contributed by atoms with Crippen LogP contribution in [0.3, 0.4) is 0 Å². The Labute approximate surface area is 132 Å². The highest BCUT2D eigenvalue weighted by Gasteiger charge is 2.14. The molecule has 112 valence electrons. The van der Waals surface area contributed by atoms with Crippen molar-refractivity contribution in [2.24, 2.45) is 0 Å². The molecule has 0 aliphatic carbocycles. The molecule has 0 fully saturated rings. The van der Waals surface area contributed by atoms with Crippen LogP contribution in [0.15, 0.2) is 36.4 Å². The van der Waals surface area contributed by atoms with Crippen LogP contribution in [0, 0.1) is 0 Å². The molecule has 1 aromatic heterocycles. The van der Waals surface area contributed by atoms with Gasteiger partial charge in [0.25, 0.3) is 5.91 Å². The number of hydrogen-bond donors (Lipinski definition) is 1. The molecule has 0 saturated carbocycles. The van der Waals surface area contributed by atoms with Gasteiger partial charge >= 0.3 is 0 Å². The van der Waals surface area contributed by atoms with E-state index in [0.717, 1.165) is 11.3 Å². The van der Waals surface area contributed by atoms with E-state index in [-0.39, 0.29) is 12.0 Å². The van der Waals surface area contributed by atoms with E-state index in [0.29, 0.717) is 15.8 Å². The van der Waals surface area contributed by atoms with Crippen molar-refractivity contribution < 1.29 is 14.3 Å². The molecule has 1 unspecified atom stereocenters. The number of ether oxygens (including phenoxy) is 2. The van der Waals surface area contributed by atoms with Crippen molar-refractivity contribution in [3.63, 3.8) is 0 Å². The topological polar surface area (TPSA) is 47.6 Å². The van der Waals surface area contributed by atoms with Crippen LogP contribution in [0.2, 0.25) is 4.34 Å². The zero-order valence-corrected chi connectivity index (χ0v) is 13.3. The molecule has 0 bridgehead atoms. The first-order valence-corrected chi connectivity index (χ1v) is 7.53. The summed E-state index contributed by atoms with van der Waals surface area (Å²) in [5.41, 5.74) is 0.946. The molecule has 21 heavy (non-hydrogen) atoms. The van der Waals surface area contributed by atoms with Crippen LogP contribution in [-0.2, 0) is 4.74 Å². The van der Waals surface area contributed by atoms with Gasteiger partial charge in [-0.2, -0.15) is 0 Å². The summed E-state index contributed by atoms with van der Waals surface area (Å²) in [6.45, 7) is 0.373. The van der Waals surface area contributed by atoms with E-state index in [1.54, 1.807) is 26.4 Å². The molecular formula is C15H16ClNO3S. The van der Waals surface area contributed by atoms with Gasteiger partial charge in [0, 0.05) is 13.7 Å². The first kappa shape index (κ1) is 15.8. The Hall–Kier alpha value is -1.56. The second-order valence-corrected chi connectivity index (χ2v) is 6.03. The first-order chi connectivity index (χ1) is 10.1. The van der Waals surface area contributed by atoms with Crippen molar-refractivity contribution >= 4 is 28.8 Å². The fourth-order valence-electron chi connectivity index (χ4n) is 1.89. The van der Waals surface area contributed by atoms with E-state index >= 15 is 0 Å². The Morgan fingerprint density at radius 1 is 1.33 bits per heavy atom. The summed E-state index contributed by atoms with van der Waals surface area (Å²) in [4.78, 5) is 12.6. The van der Waals surface area contributed by atoms with Gasteiger partial charge in [-0.05, 0) is 29.8 Å². The lowest BCUT2D eigenvalue weighted by Gasteiger charge is -2.17. The van der Waals surface area contributed by atoms with E-state index in [1.165, 1.54) is 11.3 Å². The third kappa shape index (κ3) is 4.20. The summed E-state index contributed by atoms with van der Waals surface area (Å²) in [6.07, 6.45) is -0.237. The van der Waals surface area contributed by atoms with Crippen LogP contribution < -0.4 is 10.1 Å². The average molecular weight is 326 g/mol. The predicted molar refractivity (Wildman–Crippen MR) is 84.4 cm³/mol. The third-order valence-electron chi connectivity index (χ3n) is 3.00. The lowest BCUT2D eigenvalue weighted by molar-refractivity contribution is 0.0830. The SMILES string of the molecule is COc1cccc(C(CNC(=O)c2ccc(Cl)s2)OC)c1. The standard InChI is InChI=1S/C15H16ClNO3S/c1-19-11-5-3-4-10(8-11)12(20-2)9-17-15(18)13-6-7-14(16)21-13/h3-8,12H,9H2,1-2H3,(H,17,18). The fraction of sp³-hybridized carbons (Fsp3) is 0.267. The molecule has 2 rings (SSSR count). The number of hydrogen-bond acceptors (Lipinski definition) is 4. The molecular weight excluding hydrogens is 310 g/mol. The van der Waals surface area contributed by atoms with E-state index in [9.17, 15) is 4.79 Å². The monoisotopic (exact) mass is 325 g/mol. The van der Waals surface area contributed by atoms with Crippen molar-refractivity contribution in [3.05, 3.63) is 51.2 Å². The van der Waals surface area contributed by atoms with Crippen molar-refractivity contribution in [2.75, 3.05) is 20.8 Å². The van der Waals surface area contributed by atoms with Gasteiger partial charge in [0.05, 0.1) is 22.4 Å². The van der Waals surface area contributed by atoms with Gasteiger partial charge in [-0.1, -0.05) is 23.7 Å². The van der Waals surface area contributed by atoms with Gasteiger partial charge in [-0.15, -0.1) is 11.3 Å². The zero-order chi connectivity index (χ0) is 15.2. The number of halogens is 1. The highest BCUT2D eigenvalue weighted by molar-refractivity contribution is 7.17. The fourth-order valence-corrected chi connectivity index (χ4v) is 2.85. The quantitative estimate of drug-likeness (QED) is 0.884. The van der Waals surface area contributed by atoms with E-state index < -0.39 is 0 Å². The van der Waals surface area contributed by atoms with Gasteiger partial charge in [0.1, 0.15) is 5.75 Å². The Morgan fingerprint density at radius 3 is 2.76 bits per heavy atom. The molecule has 4 nitrogen and oxygen atoms in total. The summed E-state index contributed by atoms with van der Waals surface area (Å²) in [6, 6.07) is 11.0. The molecule has 6 heteroatoms. The summed E-state index contributed by atoms with van der Waals surface area (Å²) in [5, 5.41) is 2.85. The molecule has 0 aliphatic heterocycles. The lowest BCUT2D eigenvalue weighted by atomic mass is 10.1. The maximum absolute atomic E-state index is 12.0. The van der Waals surface area contributed by atoms with Crippen LogP contribution in [0.5, 0.6) is 5.75 Å².